The van der Waals surface area contributed by atoms with Gasteiger partial charge in [0.15, 0.2) is 5.65 Å². The maximum Gasteiger partial charge on any atom is 0.222 e. The quantitative estimate of drug-likeness (QED) is 0.436. The predicted octanol–water partition coefficient (Wildman–Crippen LogP) is 4.25. The molecule has 7 nitrogen and oxygen atoms in total. The lowest BCUT2D eigenvalue weighted by Crippen LogP contribution is -2.35. The summed E-state index contributed by atoms with van der Waals surface area (Å²) in [5.41, 5.74) is 2.95. The lowest BCUT2D eigenvalue weighted by atomic mass is 10.1. The highest BCUT2D eigenvalue weighted by molar-refractivity contribution is 5.88. The van der Waals surface area contributed by atoms with Crippen LogP contribution in [0.5, 0.6) is 0 Å². The van der Waals surface area contributed by atoms with E-state index < -0.39 is 0 Å². The first-order valence-electron chi connectivity index (χ1n) is 12.1. The molecule has 0 unspecified atom stereocenters. The van der Waals surface area contributed by atoms with E-state index >= 15 is 0 Å². The van der Waals surface area contributed by atoms with Crippen LogP contribution in [0.3, 0.4) is 0 Å². The van der Waals surface area contributed by atoms with Crippen LogP contribution in [-0.4, -0.2) is 56.7 Å². The fourth-order valence-electron chi connectivity index (χ4n) is 4.54. The molecular formula is C27H30N6O. The molecule has 2 aromatic carbocycles. The number of aromatic nitrogens is 4. The first kappa shape index (κ1) is 22.1. The standard InChI is InChI=1S/C27H30N6O/c1-2-10-25(34)31-15-9-16-32(18-17-31)26-23-20-28-33(22-13-7-4-8-14-22)27(23)30-24(29-26)19-21-11-5-3-6-12-21/h3-8,11-14,20H,2,9-10,15-19H2,1H3. The third-order valence-corrected chi connectivity index (χ3v) is 6.27. The van der Waals surface area contributed by atoms with Gasteiger partial charge in [-0.1, -0.05) is 55.5 Å². The van der Waals surface area contributed by atoms with Gasteiger partial charge in [0.1, 0.15) is 11.6 Å². The van der Waals surface area contributed by atoms with E-state index in [2.05, 4.69) is 29.1 Å². The zero-order valence-corrected chi connectivity index (χ0v) is 19.6. The van der Waals surface area contributed by atoms with Gasteiger partial charge in [-0.25, -0.2) is 14.6 Å². The van der Waals surface area contributed by atoms with Crippen LogP contribution in [0, 0.1) is 0 Å². The molecule has 4 aromatic rings. The molecule has 0 radical (unpaired) electrons. The number of nitrogens with zero attached hydrogens (tertiary/aromatic N) is 6. The van der Waals surface area contributed by atoms with Crippen LogP contribution in [0.2, 0.25) is 0 Å². The van der Waals surface area contributed by atoms with E-state index in [9.17, 15) is 4.79 Å². The minimum Gasteiger partial charge on any atom is -0.354 e. The van der Waals surface area contributed by atoms with Gasteiger partial charge >= 0.3 is 0 Å². The van der Waals surface area contributed by atoms with Crippen molar-refractivity contribution in [3.05, 3.63) is 78.2 Å². The van der Waals surface area contributed by atoms with E-state index in [1.54, 1.807) is 0 Å². The highest BCUT2D eigenvalue weighted by Gasteiger charge is 2.23. The van der Waals surface area contributed by atoms with Gasteiger partial charge in [0.25, 0.3) is 0 Å². The van der Waals surface area contributed by atoms with Gasteiger partial charge in [0.2, 0.25) is 5.91 Å². The molecule has 34 heavy (non-hydrogen) atoms. The molecule has 174 valence electrons. The number of hydrogen-bond acceptors (Lipinski definition) is 5. The topological polar surface area (TPSA) is 67.2 Å². The number of fused-ring (bicyclic) bond motifs is 1. The summed E-state index contributed by atoms with van der Waals surface area (Å²) in [4.78, 5) is 26.8. The zero-order chi connectivity index (χ0) is 23.3. The van der Waals surface area contributed by atoms with E-state index in [0.29, 0.717) is 19.4 Å². The highest BCUT2D eigenvalue weighted by Crippen LogP contribution is 2.27. The van der Waals surface area contributed by atoms with Crippen LogP contribution in [-0.2, 0) is 11.2 Å². The molecule has 0 spiro atoms. The largest absolute Gasteiger partial charge is 0.354 e. The van der Waals surface area contributed by atoms with Crippen molar-refractivity contribution < 1.29 is 4.79 Å². The number of anilines is 1. The smallest absolute Gasteiger partial charge is 0.222 e. The summed E-state index contributed by atoms with van der Waals surface area (Å²) >= 11 is 0. The molecule has 2 aromatic heterocycles. The first-order chi connectivity index (χ1) is 16.7. The Kier molecular flexibility index (Phi) is 6.51. The SMILES string of the molecule is CCCC(=O)N1CCCN(c2nc(Cc3ccccc3)nc3c2cnn3-c2ccccc2)CC1. The molecule has 0 atom stereocenters. The molecule has 3 heterocycles. The Bertz CT molecular complexity index is 1250. The van der Waals surface area contributed by atoms with Crippen molar-refractivity contribution in [2.75, 3.05) is 31.1 Å². The van der Waals surface area contributed by atoms with Crippen LogP contribution in [0.4, 0.5) is 5.82 Å². The average molecular weight is 455 g/mol. The summed E-state index contributed by atoms with van der Waals surface area (Å²) in [6, 6.07) is 20.4. The second-order valence-corrected chi connectivity index (χ2v) is 8.73. The van der Waals surface area contributed by atoms with Crippen molar-refractivity contribution >= 4 is 22.8 Å². The van der Waals surface area contributed by atoms with Gasteiger partial charge in [0, 0.05) is 39.0 Å². The number of carbonyl (C=O) groups is 1. The summed E-state index contributed by atoms with van der Waals surface area (Å²) in [7, 11) is 0. The molecule has 0 N–H and O–H groups in total. The zero-order valence-electron chi connectivity index (χ0n) is 19.6. The monoisotopic (exact) mass is 454 g/mol. The molecule has 0 bridgehead atoms. The lowest BCUT2D eigenvalue weighted by molar-refractivity contribution is -0.131. The maximum atomic E-state index is 12.5. The third kappa shape index (κ3) is 4.64. The van der Waals surface area contributed by atoms with E-state index in [1.165, 1.54) is 5.56 Å². The Morgan fingerprint density at radius 1 is 0.912 bits per heavy atom. The number of rotatable bonds is 6. The van der Waals surface area contributed by atoms with Crippen molar-refractivity contribution in [1.82, 2.24) is 24.6 Å². The Labute approximate surface area is 200 Å². The molecule has 7 heteroatoms. The number of para-hydroxylation sites is 1. The second-order valence-electron chi connectivity index (χ2n) is 8.73. The Morgan fingerprint density at radius 2 is 1.68 bits per heavy atom. The number of carbonyl (C=O) groups excluding carboxylic acids is 1. The van der Waals surface area contributed by atoms with Crippen LogP contribution < -0.4 is 4.90 Å². The lowest BCUT2D eigenvalue weighted by Gasteiger charge is -2.23. The van der Waals surface area contributed by atoms with Crippen molar-refractivity contribution in [3.63, 3.8) is 0 Å². The Balaban J connectivity index is 1.53. The predicted molar refractivity (Wildman–Crippen MR) is 134 cm³/mol. The van der Waals surface area contributed by atoms with Crippen molar-refractivity contribution in [3.8, 4) is 5.69 Å². The molecule has 1 saturated heterocycles. The molecule has 1 fully saturated rings. The van der Waals surface area contributed by atoms with Gasteiger partial charge in [0.05, 0.1) is 17.3 Å². The van der Waals surface area contributed by atoms with Gasteiger partial charge in [-0.15, -0.1) is 0 Å². The summed E-state index contributed by atoms with van der Waals surface area (Å²) in [5.74, 6) is 1.93. The first-order valence-corrected chi connectivity index (χ1v) is 12.1. The van der Waals surface area contributed by atoms with Gasteiger partial charge in [-0.2, -0.15) is 5.10 Å². The second kappa shape index (κ2) is 10.0. The minimum atomic E-state index is 0.249. The van der Waals surface area contributed by atoms with Crippen LogP contribution in [0.25, 0.3) is 16.7 Å². The average Bonchev–Trinajstić information content (AvgIpc) is 3.13. The highest BCUT2D eigenvalue weighted by atomic mass is 16.2. The minimum absolute atomic E-state index is 0.249. The normalized spacial score (nSPS) is 14.4. The van der Waals surface area contributed by atoms with Crippen LogP contribution in [0.1, 0.15) is 37.6 Å². The fourth-order valence-corrected chi connectivity index (χ4v) is 4.54. The van der Waals surface area contributed by atoms with E-state index in [4.69, 9.17) is 9.97 Å². The molecule has 0 saturated carbocycles. The van der Waals surface area contributed by atoms with Gasteiger partial charge in [-0.3, -0.25) is 4.79 Å². The summed E-state index contributed by atoms with van der Waals surface area (Å²) in [5, 5.41) is 5.62. The van der Waals surface area contributed by atoms with Crippen molar-refractivity contribution in [2.45, 2.75) is 32.6 Å². The van der Waals surface area contributed by atoms with E-state index in [0.717, 1.165) is 60.8 Å². The van der Waals surface area contributed by atoms with E-state index in [1.807, 2.05) is 64.3 Å². The summed E-state index contributed by atoms with van der Waals surface area (Å²) in [6.45, 7) is 5.17. The molecule has 1 aliphatic rings. The molecular weight excluding hydrogens is 424 g/mol. The Morgan fingerprint density at radius 3 is 2.44 bits per heavy atom. The van der Waals surface area contributed by atoms with Gasteiger partial charge < -0.3 is 9.80 Å². The fraction of sp³-hybridized carbons (Fsp3) is 0.333. The maximum absolute atomic E-state index is 12.5. The third-order valence-electron chi connectivity index (χ3n) is 6.27. The molecule has 1 amide bonds. The van der Waals surface area contributed by atoms with Gasteiger partial charge in [-0.05, 0) is 30.5 Å². The number of hydrogen-bond donors (Lipinski definition) is 0. The van der Waals surface area contributed by atoms with Crippen LogP contribution in [0.15, 0.2) is 66.9 Å². The van der Waals surface area contributed by atoms with Crippen molar-refractivity contribution in [1.29, 1.82) is 0 Å². The number of benzene rings is 2. The van der Waals surface area contributed by atoms with Crippen molar-refractivity contribution in [2.24, 2.45) is 0 Å². The van der Waals surface area contributed by atoms with E-state index in [-0.39, 0.29) is 5.91 Å². The number of amides is 1. The summed E-state index contributed by atoms with van der Waals surface area (Å²) < 4.78 is 1.89. The molecule has 5 rings (SSSR count). The Hall–Kier alpha value is -3.74. The molecule has 1 aliphatic heterocycles. The summed E-state index contributed by atoms with van der Waals surface area (Å²) in [6.07, 6.45) is 4.94. The van der Waals surface area contributed by atoms with Crippen LogP contribution >= 0.6 is 0 Å². The molecule has 0 aliphatic carbocycles.